The molecule has 0 atom stereocenters. The first-order chi connectivity index (χ1) is 14.5. The number of benzene rings is 2. The molecule has 0 saturated carbocycles. The fourth-order valence-electron chi connectivity index (χ4n) is 3.33. The number of piperidine rings is 1. The van der Waals surface area contributed by atoms with Gasteiger partial charge in [0, 0.05) is 35.3 Å². The van der Waals surface area contributed by atoms with Gasteiger partial charge in [0.05, 0.1) is 12.2 Å². The van der Waals surface area contributed by atoms with E-state index in [1.165, 1.54) is 0 Å². The number of nitrogens with zero attached hydrogens (tertiary/aromatic N) is 1. The third-order valence-electron chi connectivity index (χ3n) is 5.07. The van der Waals surface area contributed by atoms with Crippen LogP contribution in [0.4, 0.5) is 5.69 Å². The third kappa shape index (κ3) is 5.60. The highest BCUT2D eigenvalue weighted by molar-refractivity contribution is 6.30. The van der Waals surface area contributed by atoms with Crippen LogP contribution in [-0.4, -0.2) is 42.4 Å². The lowest BCUT2D eigenvalue weighted by Crippen LogP contribution is -2.41. The number of halogens is 1. The Bertz CT molecular complexity index is 888. The van der Waals surface area contributed by atoms with E-state index < -0.39 is 0 Å². The van der Waals surface area contributed by atoms with E-state index in [1.54, 1.807) is 53.4 Å². The normalized spacial score (nSPS) is 14.3. The zero-order valence-corrected chi connectivity index (χ0v) is 17.7. The van der Waals surface area contributed by atoms with E-state index in [0.29, 0.717) is 54.4 Å². The fourth-order valence-corrected chi connectivity index (χ4v) is 3.46. The summed E-state index contributed by atoms with van der Waals surface area (Å²) in [4.78, 5) is 38.8. The lowest BCUT2D eigenvalue weighted by atomic mass is 9.95. The van der Waals surface area contributed by atoms with Gasteiger partial charge in [-0.3, -0.25) is 9.59 Å². The lowest BCUT2D eigenvalue weighted by Gasteiger charge is -2.31. The molecule has 2 amide bonds. The summed E-state index contributed by atoms with van der Waals surface area (Å²) in [6.45, 7) is 3.38. The fraction of sp³-hybridized carbons (Fsp3) is 0.348. The van der Waals surface area contributed by atoms with Crippen LogP contribution in [0.5, 0.6) is 0 Å². The number of esters is 1. The predicted molar refractivity (Wildman–Crippen MR) is 116 cm³/mol. The molecule has 0 aromatic heterocycles. The summed E-state index contributed by atoms with van der Waals surface area (Å²) >= 11 is 5.87. The summed E-state index contributed by atoms with van der Waals surface area (Å²) in [5.41, 5.74) is 1.68. The van der Waals surface area contributed by atoms with E-state index in [-0.39, 0.29) is 23.7 Å². The average Bonchev–Trinajstić information content (AvgIpc) is 2.78. The highest BCUT2D eigenvalue weighted by Crippen LogP contribution is 2.22. The quantitative estimate of drug-likeness (QED) is 0.692. The highest BCUT2D eigenvalue weighted by atomic mass is 35.5. The first-order valence-electron chi connectivity index (χ1n) is 10.1. The molecule has 0 radical (unpaired) electrons. The summed E-state index contributed by atoms with van der Waals surface area (Å²) in [7, 11) is 0. The second-order valence-corrected chi connectivity index (χ2v) is 7.71. The van der Waals surface area contributed by atoms with Crippen molar-refractivity contribution in [3.05, 3.63) is 64.7 Å². The number of likely N-dealkylation sites (tertiary alicyclic amines) is 1. The van der Waals surface area contributed by atoms with Crippen molar-refractivity contribution in [1.29, 1.82) is 0 Å². The number of hydrogen-bond acceptors (Lipinski definition) is 4. The number of carbonyl (C=O) groups is 3. The molecule has 0 spiro atoms. The number of hydrogen-bond donors (Lipinski definition) is 1. The second-order valence-electron chi connectivity index (χ2n) is 7.28. The maximum atomic E-state index is 12.6. The van der Waals surface area contributed by atoms with Crippen molar-refractivity contribution in [2.45, 2.75) is 26.2 Å². The Labute approximate surface area is 181 Å². The van der Waals surface area contributed by atoms with E-state index >= 15 is 0 Å². The summed E-state index contributed by atoms with van der Waals surface area (Å²) in [5.74, 6) is -0.646. The van der Waals surface area contributed by atoms with E-state index in [9.17, 15) is 14.4 Å². The van der Waals surface area contributed by atoms with Gasteiger partial charge in [-0.25, -0.2) is 4.79 Å². The summed E-state index contributed by atoms with van der Waals surface area (Å²) in [6, 6.07) is 13.5. The molecule has 1 saturated heterocycles. The van der Waals surface area contributed by atoms with Crippen LogP contribution in [0.3, 0.4) is 0 Å². The first kappa shape index (κ1) is 21.8. The van der Waals surface area contributed by atoms with Crippen LogP contribution >= 0.6 is 11.6 Å². The van der Waals surface area contributed by atoms with Crippen molar-refractivity contribution in [3.8, 4) is 0 Å². The van der Waals surface area contributed by atoms with Crippen molar-refractivity contribution in [2.75, 3.05) is 25.0 Å². The van der Waals surface area contributed by atoms with Crippen LogP contribution in [0.15, 0.2) is 48.5 Å². The third-order valence-corrected chi connectivity index (χ3v) is 5.32. The second kappa shape index (κ2) is 10.3. The Hall–Kier alpha value is -2.86. The van der Waals surface area contributed by atoms with Crippen LogP contribution < -0.4 is 5.32 Å². The zero-order valence-electron chi connectivity index (χ0n) is 16.9. The van der Waals surface area contributed by atoms with Crippen LogP contribution in [0, 0.1) is 5.92 Å². The number of nitrogens with one attached hydrogen (secondary N) is 1. The van der Waals surface area contributed by atoms with Gasteiger partial charge >= 0.3 is 5.97 Å². The average molecular weight is 429 g/mol. The molecular formula is C23H25ClN2O4. The van der Waals surface area contributed by atoms with E-state index in [1.807, 2.05) is 6.92 Å². The van der Waals surface area contributed by atoms with Gasteiger partial charge in [-0.05, 0) is 67.8 Å². The monoisotopic (exact) mass is 428 g/mol. The summed E-state index contributed by atoms with van der Waals surface area (Å²) < 4.78 is 5.10. The molecule has 1 aliphatic heterocycles. The Balaban J connectivity index is 1.50. The molecule has 1 fully saturated rings. The molecule has 158 valence electrons. The SMILES string of the molecule is CCCOC(=O)c1ccc(NC(=O)C2CCN(C(=O)c3ccc(Cl)cc3)CC2)cc1. The highest BCUT2D eigenvalue weighted by Gasteiger charge is 2.28. The molecule has 2 aromatic rings. The Morgan fingerprint density at radius 1 is 1.00 bits per heavy atom. The number of rotatable bonds is 6. The number of carbonyl (C=O) groups excluding carboxylic acids is 3. The molecular weight excluding hydrogens is 404 g/mol. The van der Waals surface area contributed by atoms with Gasteiger partial charge in [-0.1, -0.05) is 18.5 Å². The molecule has 0 aliphatic carbocycles. The van der Waals surface area contributed by atoms with Gasteiger partial charge in [-0.15, -0.1) is 0 Å². The molecule has 1 aliphatic rings. The van der Waals surface area contributed by atoms with E-state index in [2.05, 4.69) is 5.32 Å². The number of anilines is 1. The van der Waals surface area contributed by atoms with Crippen LogP contribution in [-0.2, 0) is 9.53 Å². The van der Waals surface area contributed by atoms with Crippen molar-refractivity contribution >= 4 is 35.1 Å². The minimum Gasteiger partial charge on any atom is -0.462 e. The summed E-state index contributed by atoms with van der Waals surface area (Å²) in [5, 5.41) is 3.48. The molecule has 30 heavy (non-hydrogen) atoms. The molecule has 7 heteroatoms. The Morgan fingerprint density at radius 2 is 1.60 bits per heavy atom. The molecule has 6 nitrogen and oxygen atoms in total. The van der Waals surface area contributed by atoms with E-state index in [4.69, 9.17) is 16.3 Å². The van der Waals surface area contributed by atoms with Crippen molar-refractivity contribution < 1.29 is 19.1 Å². The minimum absolute atomic E-state index is 0.0453. The molecule has 3 rings (SSSR count). The standard InChI is InChI=1S/C23H25ClN2O4/c1-2-15-30-23(29)18-5-9-20(10-6-18)25-21(27)16-11-13-26(14-12-16)22(28)17-3-7-19(24)8-4-17/h3-10,16H,2,11-15H2,1H3,(H,25,27). The first-order valence-corrected chi connectivity index (χ1v) is 10.5. The van der Waals surface area contributed by atoms with Gasteiger partial charge < -0.3 is 15.0 Å². The number of ether oxygens (including phenoxy) is 1. The largest absolute Gasteiger partial charge is 0.462 e. The van der Waals surface area contributed by atoms with E-state index in [0.717, 1.165) is 6.42 Å². The van der Waals surface area contributed by atoms with Crippen LogP contribution in [0.1, 0.15) is 46.9 Å². The van der Waals surface area contributed by atoms with Gasteiger partial charge in [0.2, 0.25) is 5.91 Å². The minimum atomic E-state index is -0.368. The molecule has 1 N–H and O–H groups in total. The molecule has 1 heterocycles. The lowest BCUT2D eigenvalue weighted by molar-refractivity contribution is -0.121. The van der Waals surface area contributed by atoms with Gasteiger partial charge in [0.1, 0.15) is 0 Å². The van der Waals surface area contributed by atoms with Gasteiger partial charge in [-0.2, -0.15) is 0 Å². The van der Waals surface area contributed by atoms with Crippen molar-refractivity contribution in [1.82, 2.24) is 4.90 Å². The number of amides is 2. The molecule has 0 unspecified atom stereocenters. The summed E-state index contributed by atoms with van der Waals surface area (Å²) in [6.07, 6.45) is 1.98. The topological polar surface area (TPSA) is 75.7 Å². The molecule has 0 bridgehead atoms. The maximum absolute atomic E-state index is 12.6. The van der Waals surface area contributed by atoms with Crippen LogP contribution in [0.2, 0.25) is 5.02 Å². The smallest absolute Gasteiger partial charge is 0.338 e. The predicted octanol–water partition coefficient (Wildman–Crippen LogP) is 4.40. The zero-order chi connectivity index (χ0) is 21.5. The van der Waals surface area contributed by atoms with Crippen molar-refractivity contribution in [2.24, 2.45) is 5.92 Å². The molecule has 2 aromatic carbocycles. The van der Waals surface area contributed by atoms with Crippen LogP contribution in [0.25, 0.3) is 0 Å². The maximum Gasteiger partial charge on any atom is 0.338 e. The van der Waals surface area contributed by atoms with Crippen molar-refractivity contribution in [3.63, 3.8) is 0 Å². The Morgan fingerprint density at radius 3 is 2.20 bits per heavy atom. The van der Waals surface area contributed by atoms with Gasteiger partial charge in [0.25, 0.3) is 5.91 Å². The van der Waals surface area contributed by atoms with Gasteiger partial charge in [0.15, 0.2) is 0 Å². The Kier molecular flexibility index (Phi) is 7.46.